The Hall–Kier alpha value is -0.730. The number of benzene rings is 1. The van der Waals surface area contributed by atoms with Crippen molar-refractivity contribution in [3.8, 4) is 0 Å². The smallest absolute Gasteiger partial charge is 0.0471 e. The lowest BCUT2D eigenvalue weighted by atomic mass is 9.78. The van der Waals surface area contributed by atoms with Crippen LogP contribution in [0.3, 0.4) is 0 Å². The Balaban J connectivity index is 1.73. The Kier molecular flexibility index (Phi) is 4.46. The fraction of sp³-hybridized carbons (Fsp3) is 0.667. The van der Waals surface area contributed by atoms with Crippen LogP contribution >= 0.6 is 11.6 Å². The number of nitrogens with zero attached hydrogens (tertiary/aromatic N) is 1. The third kappa shape index (κ3) is 3.54. The van der Waals surface area contributed by atoms with Crippen LogP contribution in [0.2, 0.25) is 5.02 Å². The van der Waals surface area contributed by atoms with Gasteiger partial charge in [0.1, 0.15) is 0 Å². The predicted molar refractivity (Wildman–Crippen MR) is 91.2 cm³/mol. The van der Waals surface area contributed by atoms with Gasteiger partial charge in [0.05, 0.1) is 0 Å². The van der Waals surface area contributed by atoms with Crippen molar-refractivity contribution >= 4 is 17.3 Å². The van der Waals surface area contributed by atoms with Crippen molar-refractivity contribution in [3.05, 3.63) is 28.8 Å². The lowest BCUT2D eigenvalue weighted by Crippen LogP contribution is -2.39. The molecule has 1 aromatic rings. The Morgan fingerprint density at radius 3 is 2.62 bits per heavy atom. The summed E-state index contributed by atoms with van der Waals surface area (Å²) in [4.78, 5) is 2.53. The zero-order valence-corrected chi connectivity index (χ0v) is 14.0. The van der Waals surface area contributed by atoms with Crippen molar-refractivity contribution in [2.75, 3.05) is 18.0 Å². The molecule has 2 aliphatic rings. The minimum Gasteiger partial charge on any atom is -0.371 e. The maximum Gasteiger partial charge on any atom is 0.0471 e. The van der Waals surface area contributed by atoms with Gasteiger partial charge in [-0.2, -0.15) is 0 Å². The van der Waals surface area contributed by atoms with Gasteiger partial charge < -0.3 is 10.2 Å². The Labute approximate surface area is 133 Å². The molecule has 3 heteroatoms. The van der Waals surface area contributed by atoms with Crippen molar-refractivity contribution < 1.29 is 0 Å². The van der Waals surface area contributed by atoms with Crippen molar-refractivity contribution in [3.63, 3.8) is 0 Å². The standard InChI is InChI=1S/C18H27ClN2/c1-3-18(2)9-11-21(12-10-18)17-6-4-5-16(19)15(17)13-20-14-7-8-14/h4-6,14,20H,3,7-13H2,1-2H3. The largest absolute Gasteiger partial charge is 0.371 e. The molecule has 0 bridgehead atoms. The van der Waals surface area contributed by atoms with Crippen LogP contribution < -0.4 is 10.2 Å². The summed E-state index contributed by atoms with van der Waals surface area (Å²) in [5.74, 6) is 0. The van der Waals surface area contributed by atoms with Gasteiger partial charge in [-0.05, 0) is 43.2 Å². The predicted octanol–water partition coefficient (Wildman–Crippen LogP) is 4.61. The lowest BCUT2D eigenvalue weighted by Gasteiger charge is -2.40. The molecular weight excluding hydrogens is 280 g/mol. The molecule has 1 heterocycles. The van der Waals surface area contributed by atoms with Crippen molar-refractivity contribution in [2.24, 2.45) is 5.41 Å². The van der Waals surface area contributed by atoms with E-state index >= 15 is 0 Å². The van der Waals surface area contributed by atoms with Crippen LogP contribution in [0.5, 0.6) is 0 Å². The molecule has 0 unspecified atom stereocenters. The first-order valence-electron chi connectivity index (χ1n) is 8.37. The molecule has 116 valence electrons. The van der Waals surface area contributed by atoms with E-state index in [0.29, 0.717) is 5.41 Å². The normalized spacial score (nSPS) is 21.6. The number of rotatable bonds is 5. The van der Waals surface area contributed by atoms with E-state index < -0.39 is 0 Å². The van der Waals surface area contributed by atoms with E-state index in [0.717, 1.165) is 30.7 Å². The molecular formula is C18H27ClN2. The molecule has 1 saturated carbocycles. The summed E-state index contributed by atoms with van der Waals surface area (Å²) >= 11 is 6.47. The maximum absolute atomic E-state index is 6.47. The van der Waals surface area contributed by atoms with Crippen LogP contribution in [0, 0.1) is 5.41 Å². The van der Waals surface area contributed by atoms with Gasteiger partial charge in [-0.1, -0.05) is 37.9 Å². The topological polar surface area (TPSA) is 15.3 Å². The molecule has 1 N–H and O–H groups in total. The molecule has 1 saturated heterocycles. The summed E-state index contributed by atoms with van der Waals surface area (Å²) in [6.07, 6.45) is 6.49. The number of nitrogens with one attached hydrogen (secondary N) is 1. The van der Waals surface area contributed by atoms with Crippen molar-refractivity contribution in [1.29, 1.82) is 0 Å². The molecule has 1 aliphatic carbocycles. The molecule has 2 nitrogen and oxygen atoms in total. The summed E-state index contributed by atoms with van der Waals surface area (Å²) in [5.41, 5.74) is 3.15. The second kappa shape index (κ2) is 6.18. The van der Waals surface area contributed by atoms with E-state index in [4.69, 9.17) is 11.6 Å². The number of halogens is 1. The summed E-state index contributed by atoms with van der Waals surface area (Å²) in [6.45, 7) is 7.96. The molecule has 0 amide bonds. The Morgan fingerprint density at radius 2 is 2.00 bits per heavy atom. The first-order chi connectivity index (χ1) is 10.1. The summed E-state index contributed by atoms with van der Waals surface area (Å²) in [7, 11) is 0. The quantitative estimate of drug-likeness (QED) is 0.854. The van der Waals surface area contributed by atoms with Crippen LogP contribution in [0.1, 0.15) is 51.5 Å². The highest BCUT2D eigenvalue weighted by atomic mass is 35.5. The second-order valence-corrected chi connectivity index (χ2v) is 7.45. The Bertz CT molecular complexity index is 488. The van der Waals surface area contributed by atoms with Gasteiger partial charge in [-0.3, -0.25) is 0 Å². The average molecular weight is 307 g/mol. The highest BCUT2D eigenvalue weighted by molar-refractivity contribution is 6.31. The molecule has 21 heavy (non-hydrogen) atoms. The summed E-state index contributed by atoms with van der Waals surface area (Å²) in [5, 5.41) is 4.52. The van der Waals surface area contributed by atoms with Gasteiger partial charge >= 0.3 is 0 Å². The zero-order chi connectivity index (χ0) is 14.9. The fourth-order valence-electron chi connectivity index (χ4n) is 3.19. The third-order valence-electron chi connectivity index (χ3n) is 5.40. The Morgan fingerprint density at radius 1 is 1.29 bits per heavy atom. The second-order valence-electron chi connectivity index (χ2n) is 7.04. The van der Waals surface area contributed by atoms with E-state index in [1.807, 2.05) is 6.07 Å². The highest BCUT2D eigenvalue weighted by Crippen LogP contribution is 2.37. The van der Waals surface area contributed by atoms with E-state index in [2.05, 4.69) is 36.2 Å². The molecule has 0 spiro atoms. The zero-order valence-electron chi connectivity index (χ0n) is 13.3. The van der Waals surface area contributed by atoms with Gasteiger partial charge in [0, 0.05) is 41.9 Å². The molecule has 3 rings (SSSR count). The number of piperidine rings is 1. The first-order valence-corrected chi connectivity index (χ1v) is 8.75. The van der Waals surface area contributed by atoms with Crippen LogP contribution in [0.4, 0.5) is 5.69 Å². The van der Waals surface area contributed by atoms with Crippen molar-refractivity contribution in [1.82, 2.24) is 5.32 Å². The van der Waals surface area contributed by atoms with E-state index in [1.54, 1.807) is 0 Å². The van der Waals surface area contributed by atoms with E-state index in [1.165, 1.54) is 43.4 Å². The number of hydrogen-bond donors (Lipinski definition) is 1. The minimum atomic E-state index is 0.529. The van der Waals surface area contributed by atoms with Crippen molar-refractivity contribution in [2.45, 2.75) is 58.5 Å². The molecule has 0 aromatic heterocycles. The average Bonchev–Trinajstić information content (AvgIpc) is 3.31. The van der Waals surface area contributed by atoms with Crippen LogP contribution in [0.15, 0.2) is 18.2 Å². The van der Waals surface area contributed by atoms with Gasteiger partial charge in [0.15, 0.2) is 0 Å². The molecule has 1 aliphatic heterocycles. The van der Waals surface area contributed by atoms with Gasteiger partial charge in [0.25, 0.3) is 0 Å². The number of anilines is 1. The summed E-state index contributed by atoms with van der Waals surface area (Å²) in [6, 6.07) is 7.07. The minimum absolute atomic E-state index is 0.529. The third-order valence-corrected chi connectivity index (χ3v) is 5.76. The number of hydrogen-bond acceptors (Lipinski definition) is 2. The summed E-state index contributed by atoms with van der Waals surface area (Å²) < 4.78 is 0. The van der Waals surface area contributed by atoms with Crippen LogP contribution in [-0.4, -0.2) is 19.1 Å². The van der Waals surface area contributed by atoms with Crippen LogP contribution in [0.25, 0.3) is 0 Å². The first kappa shape index (κ1) is 15.2. The van der Waals surface area contributed by atoms with Gasteiger partial charge in [-0.25, -0.2) is 0 Å². The van der Waals surface area contributed by atoms with E-state index in [9.17, 15) is 0 Å². The van der Waals surface area contributed by atoms with Gasteiger partial charge in [0.2, 0.25) is 0 Å². The lowest BCUT2D eigenvalue weighted by molar-refractivity contribution is 0.238. The highest BCUT2D eigenvalue weighted by Gasteiger charge is 2.29. The van der Waals surface area contributed by atoms with Crippen LogP contribution in [-0.2, 0) is 6.54 Å². The molecule has 0 atom stereocenters. The van der Waals surface area contributed by atoms with Gasteiger partial charge in [-0.15, -0.1) is 0 Å². The maximum atomic E-state index is 6.47. The molecule has 1 aromatic carbocycles. The molecule has 2 fully saturated rings. The van der Waals surface area contributed by atoms with E-state index in [-0.39, 0.29) is 0 Å². The SMILES string of the molecule is CCC1(C)CCN(c2cccc(Cl)c2CNC2CC2)CC1. The molecule has 0 radical (unpaired) electrons. The monoisotopic (exact) mass is 306 g/mol. The fourth-order valence-corrected chi connectivity index (χ4v) is 3.43.